The number of rotatable bonds is 5. The van der Waals surface area contributed by atoms with Gasteiger partial charge in [-0.15, -0.1) is 13.2 Å². The van der Waals surface area contributed by atoms with Gasteiger partial charge in [-0.1, -0.05) is 18.2 Å². The maximum Gasteiger partial charge on any atom is 0.573 e. The zero-order chi connectivity index (χ0) is 15.3. The fraction of sp³-hybridized carbons (Fsp3) is 0.462. The van der Waals surface area contributed by atoms with Crippen molar-refractivity contribution in [3.05, 3.63) is 29.8 Å². The third-order valence-corrected chi connectivity index (χ3v) is 2.39. The molecule has 0 saturated heterocycles. The summed E-state index contributed by atoms with van der Waals surface area (Å²) >= 11 is 0. The lowest BCUT2D eigenvalue weighted by molar-refractivity contribution is -0.275. The molecule has 1 aromatic carbocycles. The van der Waals surface area contributed by atoms with Crippen molar-refractivity contribution in [1.29, 1.82) is 0 Å². The molecule has 4 nitrogen and oxygen atoms in total. The summed E-state index contributed by atoms with van der Waals surface area (Å²) in [5.41, 5.74) is 0.0744. The van der Waals surface area contributed by atoms with Crippen LogP contribution in [-0.2, 0) is 9.53 Å². The van der Waals surface area contributed by atoms with Crippen LogP contribution < -0.4 is 10.1 Å². The molecule has 0 amide bonds. The molecule has 112 valence electrons. The van der Waals surface area contributed by atoms with E-state index in [-0.39, 0.29) is 11.6 Å². The van der Waals surface area contributed by atoms with Gasteiger partial charge in [0.05, 0.1) is 7.11 Å². The number of benzene rings is 1. The average Bonchev–Trinajstić information content (AvgIpc) is 2.34. The van der Waals surface area contributed by atoms with Gasteiger partial charge in [0.2, 0.25) is 0 Å². The lowest BCUT2D eigenvalue weighted by Crippen LogP contribution is -2.35. The highest BCUT2D eigenvalue weighted by Gasteiger charge is 2.34. The van der Waals surface area contributed by atoms with Crippen molar-refractivity contribution in [3.63, 3.8) is 0 Å². The lowest BCUT2D eigenvalue weighted by Gasteiger charge is -2.22. The Bertz CT molecular complexity index is 460. The Morgan fingerprint density at radius 2 is 1.85 bits per heavy atom. The molecule has 1 rings (SSSR count). The minimum absolute atomic E-state index is 0.0744. The van der Waals surface area contributed by atoms with E-state index in [1.165, 1.54) is 25.3 Å². The van der Waals surface area contributed by atoms with E-state index in [1.54, 1.807) is 13.8 Å². The second kappa shape index (κ2) is 6.60. The van der Waals surface area contributed by atoms with E-state index in [0.29, 0.717) is 0 Å². The van der Waals surface area contributed by atoms with Gasteiger partial charge in [-0.3, -0.25) is 5.32 Å². The van der Waals surface area contributed by atoms with E-state index in [2.05, 4.69) is 14.8 Å². The Balaban J connectivity index is 3.15. The number of para-hydroxylation sites is 1. The first kappa shape index (κ1) is 16.3. The number of hydrogen-bond acceptors (Lipinski definition) is 4. The maximum absolute atomic E-state index is 12.4. The summed E-state index contributed by atoms with van der Waals surface area (Å²) in [6.45, 7) is 3.53. The number of hydrogen-bond donors (Lipinski definition) is 1. The van der Waals surface area contributed by atoms with Crippen molar-refractivity contribution in [2.45, 2.75) is 32.3 Å². The van der Waals surface area contributed by atoms with Crippen LogP contribution in [0.15, 0.2) is 24.3 Å². The number of methoxy groups -OCH3 is 1. The van der Waals surface area contributed by atoms with Crippen molar-refractivity contribution in [2.75, 3.05) is 7.11 Å². The second-order valence-corrected chi connectivity index (χ2v) is 4.36. The van der Waals surface area contributed by atoms with Gasteiger partial charge in [-0.25, -0.2) is 4.79 Å². The Morgan fingerprint density at radius 3 is 2.35 bits per heavy atom. The quantitative estimate of drug-likeness (QED) is 0.847. The normalized spacial score (nSPS) is 13.2. The van der Waals surface area contributed by atoms with Gasteiger partial charge in [0, 0.05) is 11.6 Å². The van der Waals surface area contributed by atoms with Crippen LogP contribution in [0.2, 0.25) is 0 Å². The first-order valence-corrected chi connectivity index (χ1v) is 5.93. The molecule has 0 heterocycles. The van der Waals surface area contributed by atoms with Gasteiger partial charge >= 0.3 is 12.3 Å². The van der Waals surface area contributed by atoms with E-state index < -0.39 is 24.1 Å². The molecule has 1 N–H and O–H groups in total. The zero-order valence-electron chi connectivity index (χ0n) is 11.3. The molecular formula is C13H16F3NO3. The molecule has 0 aliphatic carbocycles. The van der Waals surface area contributed by atoms with E-state index in [0.717, 1.165) is 6.07 Å². The van der Waals surface area contributed by atoms with Crippen molar-refractivity contribution in [3.8, 4) is 5.75 Å². The summed E-state index contributed by atoms with van der Waals surface area (Å²) in [6, 6.07) is 4.31. The fourth-order valence-electron chi connectivity index (χ4n) is 1.67. The van der Waals surface area contributed by atoms with Crippen LogP contribution in [0.1, 0.15) is 25.5 Å². The average molecular weight is 291 g/mol. The molecule has 1 unspecified atom stereocenters. The monoisotopic (exact) mass is 291 g/mol. The first-order valence-electron chi connectivity index (χ1n) is 5.93. The van der Waals surface area contributed by atoms with Crippen LogP contribution in [-0.4, -0.2) is 25.5 Å². The highest BCUT2D eigenvalue weighted by Crippen LogP contribution is 2.31. The van der Waals surface area contributed by atoms with Gasteiger partial charge in [0.25, 0.3) is 0 Å². The number of alkyl halides is 3. The number of esters is 1. The molecule has 0 aliphatic rings. The predicted molar refractivity (Wildman–Crippen MR) is 66.2 cm³/mol. The summed E-state index contributed by atoms with van der Waals surface area (Å²) in [4.78, 5) is 11.7. The first-order chi connectivity index (χ1) is 9.24. The van der Waals surface area contributed by atoms with Gasteiger partial charge in [0.1, 0.15) is 11.8 Å². The van der Waals surface area contributed by atoms with Crippen molar-refractivity contribution in [1.82, 2.24) is 5.32 Å². The summed E-state index contributed by atoms with van der Waals surface area (Å²) in [5, 5.41) is 2.85. The lowest BCUT2D eigenvalue weighted by atomic mass is 10.0. The molecule has 1 atom stereocenters. The Labute approximate surface area is 114 Å². The second-order valence-electron chi connectivity index (χ2n) is 4.36. The molecule has 0 aliphatic heterocycles. The number of carbonyl (C=O) groups excluding carboxylic acids is 1. The third kappa shape index (κ3) is 4.73. The SMILES string of the molecule is COC(=O)C(NC(C)C)c1ccccc1OC(F)(F)F. The highest BCUT2D eigenvalue weighted by atomic mass is 19.4. The molecule has 0 aromatic heterocycles. The number of nitrogens with one attached hydrogen (secondary N) is 1. The summed E-state index contributed by atoms with van der Waals surface area (Å²) in [6.07, 6.45) is -4.82. The maximum atomic E-state index is 12.4. The van der Waals surface area contributed by atoms with Crippen molar-refractivity contribution in [2.24, 2.45) is 0 Å². The largest absolute Gasteiger partial charge is 0.573 e. The molecule has 20 heavy (non-hydrogen) atoms. The molecule has 7 heteroatoms. The van der Waals surface area contributed by atoms with E-state index in [9.17, 15) is 18.0 Å². The molecule has 0 fully saturated rings. The zero-order valence-corrected chi connectivity index (χ0v) is 11.3. The minimum atomic E-state index is -4.82. The van der Waals surface area contributed by atoms with Crippen LogP contribution in [0, 0.1) is 0 Å². The van der Waals surface area contributed by atoms with Gasteiger partial charge in [-0.2, -0.15) is 0 Å². The van der Waals surface area contributed by atoms with E-state index in [4.69, 9.17) is 0 Å². The third-order valence-electron chi connectivity index (χ3n) is 2.39. The van der Waals surface area contributed by atoms with E-state index in [1.807, 2.05) is 0 Å². The van der Waals surface area contributed by atoms with Crippen LogP contribution in [0.4, 0.5) is 13.2 Å². The molecule has 0 saturated carbocycles. The predicted octanol–water partition coefficient (Wildman–Crippen LogP) is 2.80. The molecule has 0 radical (unpaired) electrons. The highest BCUT2D eigenvalue weighted by molar-refractivity contribution is 5.78. The van der Waals surface area contributed by atoms with Gasteiger partial charge in [-0.05, 0) is 19.9 Å². The summed E-state index contributed by atoms with van der Waals surface area (Å²) in [5.74, 6) is -1.11. The molecule has 1 aromatic rings. The molecule has 0 bridgehead atoms. The summed E-state index contributed by atoms with van der Waals surface area (Å²) < 4.78 is 45.7. The van der Waals surface area contributed by atoms with Gasteiger partial charge in [0.15, 0.2) is 0 Å². The fourth-order valence-corrected chi connectivity index (χ4v) is 1.67. The molecular weight excluding hydrogens is 275 g/mol. The van der Waals surface area contributed by atoms with Crippen LogP contribution in [0.5, 0.6) is 5.75 Å². The van der Waals surface area contributed by atoms with Crippen LogP contribution in [0.25, 0.3) is 0 Å². The number of halogens is 3. The topological polar surface area (TPSA) is 47.6 Å². The van der Waals surface area contributed by atoms with Crippen molar-refractivity contribution < 1.29 is 27.4 Å². The Hall–Kier alpha value is -1.76. The van der Waals surface area contributed by atoms with Crippen LogP contribution in [0.3, 0.4) is 0 Å². The minimum Gasteiger partial charge on any atom is -0.468 e. The molecule has 0 spiro atoms. The Morgan fingerprint density at radius 1 is 1.25 bits per heavy atom. The smallest absolute Gasteiger partial charge is 0.468 e. The number of ether oxygens (including phenoxy) is 2. The number of carbonyl (C=O) groups is 1. The van der Waals surface area contributed by atoms with E-state index >= 15 is 0 Å². The summed E-state index contributed by atoms with van der Waals surface area (Å²) in [7, 11) is 1.17. The van der Waals surface area contributed by atoms with Gasteiger partial charge < -0.3 is 9.47 Å². The standard InChI is InChI=1S/C13H16F3NO3/c1-8(2)17-11(12(18)19-3)9-6-4-5-7-10(9)20-13(14,15)16/h4-8,11,17H,1-3H3. The van der Waals surface area contributed by atoms with Crippen molar-refractivity contribution >= 4 is 5.97 Å². The Kier molecular flexibility index (Phi) is 5.38. The van der Waals surface area contributed by atoms with Crippen LogP contribution >= 0.6 is 0 Å².